The quantitative estimate of drug-likeness (QED) is 0.853. The lowest BCUT2D eigenvalue weighted by atomic mass is 10.2. The summed E-state index contributed by atoms with van der Waals surface area (Å²) in [6.07, 6.45) is -0.448. The number of aromatic nitrogens is 1. The van der Waals surface area contributed by atoms with E-state index in [1.807, 2.05) is 19.1 Å². The van der Waals surface area contributed by atoms with Crippen LogP contribution in [0.1, 0.15) is 5.69 Å². The van der Waals surface area contributed by atoms with Crippen LogP contribution in [-0.2, 0) is 4.74 Å². The van der Waals surface area contributed by atoms with Crippen LogP contribution in [0.3, 0.4) is 0 Å². The summed E-state index contributed by atoms with van der Waals surface area (Å²) in [4.78, 5) is 4.35. The van der Waals surface area contributed by atoms with Gasteiger partial charge in [0.15, 0.2) is 0 Å². The summed E-state index contributed by atoms with van der Waals surface area (Å²) in [5.74, 6) is 0.769. The second-order valence-corrected chi connectivity index (χ2v) is 4.47. The summed E-state index contributed by atoms with van der Waals surface area (Å²) in [6.45, 7) is 2.85. The Bertz CT molecular complexity index is 359. The minimum Gasteiger partial charge on any atom is -0.388 e. The van der Waals surface area contributed by atoms with Gasteiger partial charge in [-0.25, -0.2) is 4.98 Å². The minimum atomic E-state index is -0.448. The first-order valence-corrected chi connectivity index (χ1v) is 5.61. The Morgan fingerprint density at radius 2 is 2.33 bits per heavy atom. The third-order valence-electron chi connectivity index (χ3n) is 2.41. The van der Waals surface area contributed by atoms with E-state index >= 15 is 0 Å². The van der Waals surface area contributed by atoms with Crippen molar-refractivity contribution in [2.24, 2.45) is 0 Å². The number of anilines is 1. The number of nitrogens with zero attached hydrogens (tertiary/aromatic N) is 1. The standard InChI is InChI=1S/C10H13BrN2O2/c1-6-7(11)2-3-10(12-6)13-8-4-15-5-9(8)14/h2-3,8-9,14H,4-5H2,1H3,(H,12,13)/t8-,9-/m0/s1. The Hall–Kier alpha value is -0.650. The number of ether oxygens (including phenoxy) is 1. The van der Waals surface area contributed by atoms with Gasteiger partial charge in [0.05, 0.1) is 31.1 Å². The monoisotopic (exact) mass is 272 g/mol. The van der Waals surface area contributed by atoms with E-state index in [2.05, 4.69) is 26.2 Å². The fourth-order valence-electron chi connectivity index (χ4n) is 1.50. The fourth-order valence-corrected chi connectivity index (χ4v) is 1.72. The Kier molecular flexibility index (Phi) is 3.23. The molecule has 2 heterocycles. The predicted octanol–water partition coefficient (Wildman–Crippen LogP) is 1.32. The van der Waals surface area contributed by atoms with Gasteiger partial charge < -0.3 is 15.2 Å². The molecule has 0 radical (unpaired) electrons. The Morgan fingerprint density at radius 3 is 2.93 bits per heavy atom. The van der Waals surface area contributed by atoms with Gasteiger partial charge in [-0.1, -0.05) is 0 Å². The van der Waals surface area contributed by atoms with Gasteiger partial charge in [-0.15, -0.1) is 0 Å². The smallest absolute Gasteiger partial charge is 0.126 e. The molecule has 1 aromatic rings. The van der Waals surface area contributed by atoms with Crippen molar-refractivity contribution in [1.82, 2.24) is 4.98 Å². The molecule has 0 spiro atoms. The average Bonchev–Trinajstić information content (AvgIpc) is 2.59. The number of aliphatic hydroxyl groups is 1. The molecule has 2 atom stereocenters. The number of nitrogens with one attached hydrogen (secondary N) is 1. The van der Waals surface area contributed by atoms with Crippen LogP contribution < -0.4 is 5.32 Å². The van der Waals surface area contributed by atoms with E-state index in [1.165, 1.54) is 0 Å². The predicted molar refractivity (Wildman–Crippen MR) is 60.9 cm³/mol. The van der Waals surface area contributed by atoms with Crippen molar-refractivity contribution in [2.75, 3.05) is 18.5 Å². The summed E-state index contributed by atoms with van der Waals surface area (Å²) in [7, 11) is 0. The molecule has 0 aliphatic carbocycles. The molecule has 1 saturated heterocycles. The fraction of sp³-hybridized carbons (Fsp3) is 0.500. The van der Waals surface area contributed by atoms with Gasteiger partial charge in [0.2, 0.25) is 0 Å². The first kappa shape index (κ1) is 10.9. The van der Waals surface area contributed by atoms with Crippen molar-refractivity contribution in [3.05, 3.63) is 22.3 Å². The van der Waals surface area contributed by atoms with Crippen LogP contribution in [0.5, 0.6) is 0 Å². The van der Waals surface area contributed by atoms with Crippen LogP contribution in [0.4, 0.5) is 5.82 Å². The van der Waals surface area contributed by atoms with Crippen molar-refractivity contribution in [1.29, 1.82) is 0 Å². The number of rotatable bonds is 2. The van der Waals surface area contributed by atoms with Gasteiger partial charge in [0.1, 0.15) is 5.82 Å². The highest BCUT2D eigenvalue weighted by molar-refractivity contribution is 9.10. The maximum atomic E-state index is 9.55. The molecule has 0 amide bonds. The largest absolute Gasteiger partial charge is 0.388 e. The third-order valence-corrected chi connectivity index (χ3v) is 3.24. The molecule has 1 fully saturated rings. The van der Waals surface area contributed by atoms with E-state index in [0.29, 0.717) is 13.2 Å². The molecule has 0 unspecified atom stereocenters. The zero-order valence-corrected chi connectivity index (χ0v) is 9.99. The molecule has 5 heteroatoms. The van der Waals surface area contributed by atoms with Gasteiger partial charge in [0, 0.05) is 4.47 Å². The second kappa shape index (κ2) is 4.47. The molecule has 0 saturated carbocycles. The highest BCUT2D eigenvalue weighted by Gasteiger charge is 2.26. The normalized spacial score (nSPS) is 25.5. The molecule has 4 nitrogen and oxygen atoms in total. The molecule has 1 aromatic heterocycles. The first-order valence-electron chi connectivity index (χ1n) is 4.82. The van der Waals surface area contributed by atoms with Crippen LogP contribution >= 0.6 is 15.9 Å². The zero-order chi connectivity index (χ0) is 10.8. The molecule has 2 N–H and O–H groups in total. The van der Waals surface area contributed by atoms with Gasteiger partial charge in [-0.2, -0.15) is 0 Å². The van der Waals surface area contributed by atoms with Crippen molar-refractivity contribution in [3.8, 4) is 0 Å². The lowest BCUT2D eigenvalue weighted by molar-refractivity contribution is 0.125. The van der Waals surface area contributed by atoms with E-state index in [1.54, 1.807) is 0 Å². The van der Waals surface area contributed by atoms with Crippen LogP contribution in [0, 0.1) is 6.92 Å². The lowest BCUT2D eigenvalue weighted by Crippen LogP contribution is -2.32. The highest BCUT2D eigenvalue weighted by atomic mass is 79.9. The molecule has 15 heavy (non-hydrogen) atoms. The van der Waals surface area contributed by atoms with E-state index in [4.69, 9.17) is 4.74 Å². The van der Waals surface area contributed by atoms with Gasteiger partial charge in [-0.05, 0) is 35.0 Å². The van der Waals surface area contributed by atoms with Crippen molar-refractivity contribution in [2.45, 2.75) is 19.1 Å². The van der Waals surface area contributed by atoms with E-state index < -0.39 is 6.10 Å². The average molecular weight is 273 g/mol. The molecular formula is C10H13BrN2O2. The number of pyridine rings is 1. The second-order valence-electron chi connectivity index (χ2n) is 3.62. The van der Waals surface area contributed by atoms with E-state index in [0.717, 1.165) is 16.0 Å². The molecule has 0 bridgehead atoms. The molecule has 0 aromatic carbocycles. The van der Waals surface area contributed by atoms with Gasteiger partial charge in [-0.3, -0.25) is 0 Å². The summed E-state index contributed by atoms with van der Waals surface area (Å²) in [5.41, 5.74) is 0.924. The minimum absolute atomic E-state index is 0.0573. The lowest BCUT2D eigenvalue weighted by Gasteiger charge is -2.15. The topological polar surface area (TPSA) is 54.4 Å². The molecular weight excluding hydrogens is 260 g/mol. The van der Waals surface area contributed by atoms with Crippen LogP contribution in [0.2, 0.25) is 0 Å². The first-order chi connectivity index (χ1) is 7.16. The molecule has 1 aliphatic rings. The van der Waals surface area contributed by atoms with Crippen molar-refractivity contribution < 1.29 is 9.84 Å². The summed E-state index contributed by atoms with van der Waals surface area (Å²) < 4.78 is 6.13. The number of hydrogen-bond acceptors (Lipinski definition) is 4. The molecule has 1 aliphatic heterocycles. The maximum absolute atomic E-state index is 9.55. The Labute approximate surface area is 96.8 Å². The van der Waals surface area contributed by atoms with Crippen LogP contribution in [0.15, 0.2) is 16.6 Å². The highest BCUT2D eigenvalue weighted by Crippen LogP contribution is 2.18. The van der Waals surface area contributed by atoms with Gasteiger partial charge >= 0.3 is 0 Å². The Balaban J connectivity index is 2.07. The summed E-state index contributed by atoms with van der Waals surface area (Å²) >= 11 is 3.39. The zero-order valence-electron chi connectivity index (χ0n) is 8.40. The third kappa shape index (κ3) is 2.48. The van der Waals surface area contributed by atoms with Crippen molar-refractivity contribution in [3.63, 3.8) is 0 Å². The number of halogens is 1. The number of aryl methyl sites for hydroxylation is 1. The van der Waals surface area contributed by atoms with Crippen molar-refractivity contribution >= 4 is 21.7 Å². The summed E-state index contributed by atoms with van der Waals surface area (Å²) in [6, 6.07) is 3.76. The van der Waals surface area contributed by atoms with E-state index in [-0.39, 0.29) is 6.04 Å². The van der Waals surface area contributed by atoms with Crippen LogP contribution in [0.25, 0.3) is 0 Å². The maximum Gasteiger partial charge on any atom is 0.126 e. The number of aliphatic hydroxyl groups excluding tert-OH is 1. The van der Waals surface area contributed by atoms with Crippen LogP contribution in [-0.4, -0.2) is 35.5 Å². The van der Waals surface area contributed by atoms with E-state index in [9.17, 15) is 5.11 Å². The SMILES string of the molecule is Cc1nc(N[C@H]2COC[C@@H]2O)ccc1Br. The molecule has 2 rings (SSSR count). The Morgan fingerprint density at radius 1 is 1.53 bits per heavy atom. The number of hydrogen-bond donors (Lipinski definition) is 2. The van der Waals surface area contributed by atoms with Gasteiger partial charge in [0.25, 0.3) is 0 Å². The molecule has 82 valence electrons. The summed E-state index contributed by atoms with van der Waals surface area (Å²) in [5, 5.41) is 12.7.